The fourth-order valence-electron chi connectivity index (χ4n) is 1.95. The number of nitrogen functional groups attached to an aromatic ring is 1. The predicted octanol–water partition coefficient (Wildman–Crippen LogP) is 2.82. The van der Waals surface area contributed by atoms with Crippen LogP contribution in [0.1, 0.15) is 20.7 Å². The zero-order chi connectivity index (χ0) is 19.3. The van der Waals surface area contributed by atoms with Gasteiger partial charge in [-0.15, -0.1) is 0 Å². The lowest BCUT2D eigenvalue weighted by molar-refractivity contribution is -0.384. The first-order valence-corrected chi connectivity index (χ1v) is 7.07. The summed E-state index contributed by atoms with van der Waals surface area (Å²) < 4.78 is 33.1. The van der Waals surface area contributed by atoms with E-state index in [1.54, 1.807) is 0 Å². The van der Waals surface area contributed by atoms with Crippen LogP contribution in [-0.4, -0.2) is 29.9 Å². The van der Waals surface area contributed by atoms with Gasteiger partial charge in [-0.25, -0.2) is 4.79 Å². The second kappa shape index (κ2) is 8.01. The molecule has 26 heavy (non-hydrogen) atoms. The summed E-state index contributed by atoms with van der Waals surface area (Å²) in [5.74, 6) is -1.74. The fraction of sp³-hybridized carbons (Fsp3) is 0.125. The van der Waals surface area contributed by atoms with Crippen molar-refractivity contribution in [1.29, 1.82) is 0 Å². The minimum absolute atomic E-state index is 0.0402. The zero-order valence-corrected chi connectivity index (χ0v) is 13.1. The highest BCUT2D eigenvalue weighted by Gasteiger charge is 2.18. The molecule has 0 bridgehead atoms. The molecule has 0 aliphatic heterocycles. The Hall–Kier alpha value is -3.56. The van der Waals surface area contributed by atoms with Crippen molar-refractivity contribution in [2.45, 2.75) is 6.61 Å². The van der Waals surface area contributed by atoms with E-state index >= 15 is 0 Å². The summed E-state index contributed by atoms with van der Waals surface area (Å²) in [5.41, 5.74) is 5.05. The van der Waals surface area contributed by atoms with Gasteiger partial charge in [0.1, 0.15) is 5.75 Å². The number of ketones is 1. The summed E-state index contributed by atoms with van der Waals surface area (Å²) in [7, 11) is 0. The van der Waals surface area contributed by atoms with Crippen LogP contribution in [0.5, 0.6) is 5.75 Å². The van der Waals surface area contributed by atoms with Gasteiger partial charge in [-0.2, -0.15) is 8.78 Å². The van der Waals surface area contributed by atoms with Crippen LogP contribution >= 0.6 is 0 Å². The van der Waals surface area contributed by atoms with Crippen LogP contribution in [0.3, 0.4) is 0 Å². The number of nitrogens with zero attached hydrogens (tertiary/aromatic N) is 1. The van der Waals surface area contributed by atoms with Crippen LogP contribution < -0.4 is 10.5 Å². The minimum Gasteiger partial charge on any atom is -0.454 e. The SMILES string of the molecule is Nc1ccc([N+](=O)[O-])cc1C(=O)OCC(=O)c1ccc(OC(F)F)cc1. The van der Waals surface area contributed by atoms with Gasteiger partial charge in [0.05, 0.1) is 10.5 Å². The van der Waals surface area contributed by atoms with Crippen molar-refractivity contribution >= 4 is 23.1 Å². The first-order valence-electron chi connectivity index (χ1n) is 7.07. The van der Waals surface area contributed by atoms with Gasteiger partial charge in [-0.3, -0.25) is 14.9 Å². The molecule has 2 aromatic rings. The lowest BCUT2D eigenvalue weighted by Gasteiger charge is -2.07. The first-order chi connectivity index (χ1) is 12.3. The van der Waals surface area contributed by atoms with Crippen molar-refractivity contribution in [3.8, 4) is 5.75 Å². The van der Waals surface area contributed by atoms with E-state index in [0.717, 1.165) is 12.1 Å². The molecule has 0 heterocycles. The van der Waals surface area contributed by atoms with Crippen LogP contribution in [0.15, 0.2) is 42.5 Å². The molecule has 10 heteroatoms. The molecule has 0 spiro atoms. The average Bonchev–Trinajstić information content (AvgIpc) is 2.59. The van der Waals surface area contributed by atoms with Crippen LogP contribution in [0.2, 0.25) is 0 Å². The fourth-order valence-corrected chi connectivity index (χ4v) is 1.95. The monoisotopic (exact) mass is 366 g/mol. The third-order valence-electron chi connectivity index (χ3n) is 3.20. The van der Waals surface area contributed by atoms with E-state index in [2.05, 4.69) is 4.74 Å². The number of benzene rings is 2. The summed E-state index contributed by atoms with van der Waals surface area (Å²) in [6.07, 6.45) is 0. The predicted molar refractivity (Wildman–Crippen MR) is 85.2 cm³/mol. The maximum absolute atomic E-state index is 12.1. The first kappa shape index (κ1) is 18.8. The van der Waals surface area contributed by atoms with Gasteiger partial charge in [0.15, 0.2) is 12.4 Å². The number of Topliss-reactive ketones (excluding diaryl/α,β-unsaturated/α-hetero) is 1. The van der Waals surface area contributed by atoms with E-state index in [0.29, 0.717) is 0 Å². The molecule has 0 aliphatic rings. The number of ether oxygens (including phenoxy) is 2. The van der Waals surface area contributed by atoms with E-state index in [-0.39, 0.29) is 28.3 Å². The van der Waals surface area contributed by atoms with Crippen molar-refractivity contribution in [3.63, 3.8) is 0 Å². The number of carbonyl (C=O) groups is 2. The van der Waals surface area contributed by atoms with Crippen LogP contribution in [0.25, 0.3) is 0 Å². The second-order valence-electron chi connectivity index (χ2n) is 4.93. The minimum atomic E-state index is -2.99. The second-order valence-corrected chi connectivity index (χ2v) is 4.93. The van der Waals surface area contributed by atoms with Crippen molar-refractivity contribution in [1.82, 2.24) is 0 Å². The largest absolute Gasteiger partial charge is 0.454 e. The standard InChI is InChI=1S/C16H12F2N2O6/c17-16(18)26-11-4-1-9(2-5-11)14(21)8-25-15(22)12-7-10(20(23)24)3-6-13(12)19/h1-7,16H,8,19H2. The Morgan fingerprint density at radius 2 is 1.81 bits per heavy atom. The molecule has 0 radical (unpaired) electrons. The van der Waals surface area contributed by atoms with Gasteiger partial charge < -0.3 is 15.2 Å². The summed E-state index contributed by atoms with van der Waals surface area (Å²) in [6.45, 7) is -3.64. The van der Waals surface area contributed by atoms with Crippen molar-refractivity contribution in [2.24, 2.45) is 0 Å². The molecular formula is C16H12F2N2O6. The Morgan fingerprint density at radius 3 is 2.38 bits per heavy atom. The number of hydrogen-bond acceptors (Lipinski definition) is 7. The van der Waals surface area contributed by atoms with Crippen LogP contribution in [0.4, 0.5) is 20.2 Å². The topological polar surface area (TPSA) is 122 Å². The Kier molecular flexibility index (Phi) is 5.78. The highest BCUT2D eigenvalue weighted by Crippen LogP contribution is 2.21. The van der Waals surface area contributed by atoms with E-state index in [1.807, 2.05) is 0 Å². The summed E-state index contributed by atoms with van der Waals surface area (Å²) >= 11 is 0. The Labute approximate surface area is 145 Å². The quantitative estimate of drug-likeness (QED) is 0.263. The van der Waals surface area contributed by atoms with Gasteiger partial charge in [-0.05, 0) is 30.3 Å². The number of nitro benzene ring substituents is 1. The maximum atomic E-state index is 12.1. The summed E-state index contributed by atoms with van der Waals surface area (Å²) in [4.78, 5) is 34.0. The maximum Gasteiger partial charge on any atom is 0.387 e. The number of rotatable bonds is 7. The summed E-state index contributed by atoms with van der Waals surface area (Å²) in [6, 6.07) is 8.04. The number of non-ortho nitro benzene ring substituents is 1. The van der Waals surface area contributed by atoms with Crippen molar-refractivity contribution in [2.75, 3.05) is 12.3 Å². The molecule has 0 fully saturated rings. The molecule has 136 valence electrons. The van der Waals surface area contributed by atoms with Gasteiger partial charge in [0.2, 0.25) is 0 Å². The molecule has 0 unspecified atom stereocenters. The van der Waals surface area contributed by atoms with E-state index in [1.165, 1.54) is 30.3 Å². The number of hydrogen-bond donors (Lipinski definition) is 1. The van der Waals surface area contributed by atoms with Gasteiger partial charge in [-0.1, -0.05) is 0 Å². The van der Waals surface area contributed by atoms with Crippen molar-refractivity contribution in [3.05, 3.63) is 63.7 Å². The molecule has 0 saturated carbocycles. The molecule has 0 atom stereocenters. The van der Waals surface area contributed by atoms with Gasteiger partial charge in [0.25, 0.3) is 5.69 Å². The average molecular weight is 366 g/mol. The van der Waals surface area contributed by atoms with E-state index in [4.69, 9.17) is 10.5 Å². The van der Waals surface area contributed by atoms with Crippen LogP contribution in [0, 0.1) is 10.1 Å². The van der Waals surface area contributed by atoms with Crippen molar-refractivity contribution < 1.29 is 32.8 Å². The lowest BCUT2D eigenvalue weighted by Crippen LogP contribution is -2.15. The molecular weight excluding hydrogens is 354 g/mol. The van der Waals surface area contributed by atoms with Gasteiger partial charge >= 0.3 is 12.6 Å². The van der Waals surface area contributed by atoms with E-state index < -0.39 is 29.9 Å². The summed E-state index contributed by atoms with van der Waals surface area (Å²) in [5, 5.41) is 10.7. The number of halogens is 2. The molecule has 0 amide bonds. The lowest BCUT2D eigenvalue weighted by atomic mass is 10.1. The molecule has 8 nitrogen and oxygen atoms in total. The van der Waals surface area contributed by atoms with Gasteiger partial charge in [0, 0.05) is 23.4 Å². The molecule has 0 aliphatic carbocycles. The number of carbonyl (C=O) groups excluding carboxylic acids is 2. The number of nitro groups is 1. The molecule has 2 rings (SSSR count). The molecule has 0 saturated heterocycles. The van der Waals surface area contributed by atoms with E-state index in [9.17, 15) is 28.5 Å². The zero-order valence-electron chi connectivity index (χ0n) is 13.1. The number of alkyl halides is 2. The normalized spacial score (nSPS) is 10.4. The van der Waals surface area contributed by atoms with Crippen LogP contribution in [-0.2, 0) is 4.74 Å². The highest BCUT2D eigenvalue weighted by molar-refractivity contribution is 6.01. The molecule has 0 aromatic heterocycles. The third kappa shape index (κ3) is 4.72. The smallest absolute Gasteiger partial charge is 0.387 e. The number of anilines is 1. The highest BCUT2D eigenvalue weighted by atomic mass is 19.3. The number of esters is 1. The third-order valence-corrected chi connectivity index (χ3v) is 3.20. The molecule has 2 aromatic carbocycles. The molecule has 2 N–H and O–H groups in total. The Bertz CT molecular complexity index is 839. The number of nitrogens with two attached hydrogens (primary N) is 1. The Balaban J connectivity index is 2.02. The Morgan fingerprint density at radius 1 is 1.15 bits per heavy atom.